The summed E-state index contributed by atoms with van der Waals surface area (Å²) in [4.78, 5) is 56.4. The molecule has 1 spiro atoms. The van der Waals surface area contributed by atoms with E-state index in [9.17, 15) is 24.3 Å². The van der Waals surface area contributed by atoms with Crippen molar-refractivity contribution in [1.29, 1.82) is 0 Å². The first-order chi connectivity index (χ1) is 26.2. The number of rotatable bonds is 6. The molecule has 54 heavy (non-hydrogen) atoms. The van der Waals surface area contributed by atoms with Gasteiger partial charge < -0.3 is 45.3 Å². The van der Waals surface area contributed by atoms with Gasteiger partial charge in [-0.15, -0.1) is 0 Å². The molecule has 286 valence electrons. The molecule has 0 aromatic heterocycles. The highest BCUT2D eigenvalue weighted by molar-refractivity contribution is 5.95. The van der Waals surface area contributed by atoms with Crippen molar-refractivity contribution in [3.8, 4) is 23.0 Å². The normalized spacial score (nSPS) is 22.5. The fourth-order valence-electron chi connectivity index (χ4n) is 6.73. The molecule has 0 aliphatic carbocycles. The first kappa shape index (κ1) is 38.1. The predicted molar refractivity (Wildman–Crippen MR) is 199 cm³/mol. The van der Waals surface area contributed by atoms with Crippen molar-refractivity contribution in [3.05, 3.63) is 89.5 Å². The Labute approximate surface area is 314 Å². The number of likely N-dealkylation sites (tertiary alicyclic amines) is 1. The van der Waals surface area contributed by atoms with Crippen LogP contribution in [0, 0.1) is 0 Å². The Bertz CT molecular complexity index is 1830. The number of methoxy groups -OCH3 is 1. The molecule has 4 amide bonds. The molecule has 3 atom stereocenters. The predicted octanol–water partition coefficient (Wildman–Crippen LogP) is 1.60. The van der Waals surface area contributed by atoms with E-state index >= 15 is 0 Å². The van der Waals surface area contributed by atoms with Crippen molar-refractivity contribution < 1.29 is 43.2 Å². The van der Waals surface area contributed by atoms with E-state index in [2.05, 4.69) is 32.2 Å². The van der Waals surface area contributed by atoms with Gasteiger partial charge in [0, 0.05) is 44.5 Å². The van der Waals surface area contributed by atoms with Gasteiger partial charge in [0.25, 0.3) is 5.91 Å². The first-order valence-electron chi connectivity index (χ1n) is 18.1. The van der Waals surface area contributed by atoms with Gasteiger partial charge in [0.1, 0.15) is 42.8 Å². The SMILES string of the molecule is COc1cccc2c1OCC(CN1CCC3(CC1)Oc1ccc(cc1)OCCNC(=O)[C@H](C)NC(=O)[C@H](CO)NC(=O)[C@@H](Cc1ccccc1)NC3=O)=C2. The third-order valence-corrected chi connectivity index (χ3v) is 9.77. The summed E-state index contributed by atoms with van der Waals surface area (Å²) in [6, 6.07) is 18.4. The minimum absolute atomic E-state index is 0.103. The fourth-order valence-corrected chi connectivity index (χ4v) is 6.73. The van der Waals surface area contributed by atoms with Crippen LogP contribution < -0.4 is 40.2 Å². The quantitative estimate of drug-likeness (QED) is 0.234. The minimum atomic E-state index is -1.38. The number of aliphatic hydroxyl groups excluding tert-OH is 1. The zero-order chi connectivity index (χ0) is 38.1. The van der Waals surface area contributed by atoms with Gasteiger partial charge >= 0.3 is 0 Å². The lowest BCUT2D eigenvalue weighted by Crippen LogP contribution is -2.62. The molecule has 1 saturated heterocycles. The number of carbonyl (C=O) groups excluding carboxylic acids is 4. The van der Waals surface area contributed by atoms with Crippen LogP contribution in [-0.4, -0.2) is 110 Å². The highest BCUT2D eigenvalue weighted by atomic mass is 16.5. The molecule has 2 bridgehead atoms. The molecule has 7 rings (SSSR count). The van der Waals surface area contributed by atoms with Crippen molar-refractivity contribution in [2.45, 2.75) is 49.9 Å². The summed E-state index contributed by atoms with van der Waals surface area (Å²) in [7, 11) is 1.61. The van der Waals surface area contributed by atoms with Crippen LogP contribution in [0.1, 0.15) is 30.9 Å². The van der Waals surface area contributed by atoms with Crippen molar-refractivity contribution in [2.75, 3.05) is 53.1 Å². The molecule has 4 heterocycles. The Morgan fingerprint density at radius 2 is 1.56 bits per heavy atom. The van der Waals surface area contributed by atoms with Crippen molar-refractivity contribution >= 4 is 29.7 Å². The van der Waals surface area contributed by atoms with Crippen LogP contribution in [0.25, 0.3) is 6.08 Å². The molecular formula is C40H47N5O9. The number of amides is 4. The van der Waals surface area contributed by atoms with E-state index in [-0.39, 0.29) is 19.6 Å². The molecule has 0 saturated carbocycles. The van der Waals surface area contributed by atoms with Crippen LogP contribution in [0.5, 0.6) is 23.0 Å². The molecular weight excluding hydrogens is 694 g/mol. The van der Waals surface area contributed by atoms with E-state index in [1.54, 1.807) is 31.4 Å². The summed E-state index contributed by atoms with van der Waals surface area (Å²) in [5.74, 6) is -0.00364. The van der Waals surface area contributed by atoms with Gasteiger partial charge in [-0.2, -0.15) is 0 Å². The maximum Gasteiger partial charge on any atom is 0.264 e. The third-order valence-electron chi connectivity index (χ3n) is 9.77. The number of hydrogen-bond donors (Lipinski definition) is 5. The summed E-state index contributed by atoms with van der Waals surface area (Å²) in [5.41, 5.74) is 1.45. The fraction of sp³-hybridized carbons (Fsp3) is 0.400. The summed E-state index contributed by atoms with van der Waals surface area (Å²) in [6.07, 6.45) is 2.84. The number of para-hydroxylation sites is 1. The van der Waals surface area contributed by atoms with Gasteiger partial charge in [0.2, 0.25) is 17.7 Å². The van der Waals surface area contributed by atoms with E-state index in [1.165, 1.54) is 6.92 Å². The zero-order valence-corrected chi connectivity index (χ0v) is 30.5. The van der Waals surface area contributed by atoms with Crippen LogP contribution >= 0.6 is 0 Å². The standard InChI is InChI=1S/C40H47N5O9/c1-26-36(47)41-17-20-52-30-11-13-31(14-12-30)54-40(15-18-45(19-16-40)23-28-21-29-9-6-10-34(51-2)35(29)53-25-28)39(50)44-32(22-27-7-4-3-5-8-27)37(48)43-33(24-46)38(49)42-26/h3-14,21,26,32-33,46H,15-20,22-25H2,1-2H3,(H,41,47)(H,42,49)(H,43,48)(H,44,50)/t26-,32+,33-/m0/s1. The Morgan fingerprint density at radius 1 is 0.833 bits per heavy atom. The number of benzene rings is 3. The molecule has 14 nitrogen and oxygen atoms in total. The number of piperidine rings is 1. The lowest BCUT2D eigenvalue weighted by Gasteiger charge is -2.41. The average molecular weight is 742 g/mol. The van der Waals surface area contributed by atoms with Gasteiger partial charge in [-0.1, -0.05) is 42.5 Å². The number of carbonyl (C=O) groups is 4. The Kier molecular flexibility index (Phi) is 12.3. The van der Waals surface area contributed by atoms with E-state index in [0.717, 1.165) is 16.7 Å². The van der Waals surface area contributed by atoms with Crippen LogP contribution in [0.4, 0.5) is 0 Å². The van der Waals surface area contributed by atoms with Crippen molar-refractivity contribution in [3.63, 3.8) is 0 Å². The third kappa shape index (κ3) is 9.30. The van der Waals surface area contributed by atoms with E-state index in [4.69, 9.17) is 18.9 Å². The topological polar surface area (TPSA) is 177 Å². The van der Waals surface area contributed by atoms with Crippen LogP contribution in [0.2, 0.25) is 0 Å². The number of hydrogen-bond acceptors (Lipinski definition) is 10. The van der Waals surface area contributed by atoms with Gasteiger partial charge in [-0.05, 0) is 54.5 Å². The van der Waals surface area contributed by atoms with E-state index in [1.807, 2.05) is 48.5 Å². The summed E-state index contributed by atoms with van der Waals surface area (Å²) < 4.78 is 23.9. The number of nitrogens with one attached hydrogen (secondary N) is 4. The molecule has 5 N–H and O–H groups in total. The van der Waals surface area contributed by atoms with Crippen molar-refractivity contribution in [2.24, 2.45) is 0 Å². The first-order valence-corrected chi connectivity index (χ1v) is 18.1. The summed E-state index contributed by atoms with van der Waals surface area (Å²) in [5, 5.41) is 20.9. The Balaban J connectivity index is 1.26. The van der Waals surface area contributed by atoms with Crippen LogP contribution in [0.3, 0.4) is 0 Å². The smallest absolute Gasteiger partial charge is 0.264 e. The molecule has 3 aromatic carbocycles. The highest BCUT2D eigenvalue weighted by Gasteiger charge is 2.45. The van der Waals surface area contributed by atoms with Gasteiger partial charge in [-0.25, -0.2) is 0 Å². The molecule has 0 radical (unpaired) electrons. The number of aliphatic hydroxyl groups is 1. The lowest BCUT2D eigenvalue weighted by atomic mass is 9.88. The molecule has 4 aliphatic rings. The zero-order valence-electron chi connectivity index (χ0n) is 30.5. The van der Waals surface area contributed by atoms with Gasteiger partial charge in [-0.3, -0.25) is 24.1 Å². The highest BCUT2D eigenvalue weighted by Crippen LogP contribution is 2.36. The Hall–Kier alpha value is -5.60. The molecule has 4 aliphatic heterocycles. The number of nitrogens with zero attached hydrogens (tertiary/aromatic N) is 1. The second kappa shape index (κ2) is 17.5. The number of ether oxygens (including phenoxy) is 4. The molecule has 0 unspecified atom stereocenters. The lowest BCUT2D eigenvalue weighted by molar-refractivity contribution is -0.144. The average Bonchev–Trinajstić information content (AvgIpc) is 3.19. The minimum Gasteiger partial charge on any atom is -0.493 e. The monoisotopic (exact) mass is 741 g/mol. The second-order valence-corrected chi connectivity index (χ2v) is 13.6. The Morgan fingerprint density at radius 3 is 2.28 bits per heavy atom. The van der Waals surface area contributed by atoms with Gasteiger partial charge in [0.15, 0.2) is 17.1 Å². The number of fused-ring (bicyclic) bond motifs is 16. The summed E-state index contributed by atoms with van der Waals surface area (Å²) >= 11 is 0. The maximum absolute atomic E-state index is 14.5. The van der Waals surface area contributed by atoms with E-state index < -0.39 is 54.0 Å². The molecule has 14 heteroatoms. The maximum atomic E-state index is 14.5. The van der Waals surface area contributed by atoms with Crippen LogP contribution in [0.15, 0.2) is 78.4 Å². The van der Waals surface area contributed by atoms with Crippen molar-refractivity contribution in [1.82, 2.24) is 26.2 Å². The molecule has 1 fully saturated rings. The van der Waals surface area contributed by atoms with Crippen LogP contribution in [-0.2, 0) is 25.6 Å². The molecule has 3 aromatic rings. The summed E-state index contributed by atoms with van der Waals surface area (Å²) in [6.45, 7) is 3.17. The largest absolute Gasteiger partial charge is 0.493 e. The second-order valence-electron chi connectivity index (χ2n) is 13.6. The van der Waals surface area contributed by atoms with E-state index in [0.29, 0.717) is 62.1 Å². The van der Waals surface area contributed by atoms with Gasteiger partial charge in [0.05, 0.1) is 20.3 Å².